The van der Waals surface area contributed by atoms with Crippen molar-refractivity contribution in [3.8, 4) is 0 Å². The van der Waals surface area contributed by atoms with Crippen molar-refractivity contribution in [2.45, 2.75) is 28.9 Å². The fourth-order valence-corrected chi connectivity index (χ4v) is 2.87. The van der Waals surface area contributed by atoms with Crippen molar-refractivity contribution in [2.75, 3.05) is 6.61 Å². The molecule has 12 heteroatoms. The molecule has 1 aromatic heterocycles. The molecule has 3 N–H and O–H groups in total. The van der Waals surface area contributed by atoms with E-state index in [0.717, 1.165) is 0 Å². The molecule has 1 aliphatic heterocycles. The molecule has 22 heavy (non-hydrogen) atoms. The van der Waals surface area contributed by atoms with E-state index in [1.165, 1.54) is 0 Å². The number of halogens is 5. The molecule has 0 amide bonds. The predicted molar refractivity (Wildman–Crippen MR) is 66.0 cm³/mol. The number of nitrogens with zero attached hydrogens (tertiary/aromatic N) is 1. The number of hydrogen-bond donors (Lipinski definition) is 3. The number of rotatable bonds is 2. The zero-order chi connectivity index (χ0) is 16.9. The Labute approximate surface area is 127 Å². The number of nitrogens with one attached hydrogen (secondary N) is 1. The van der Waals surface area contributed by atoms with Gasteiger partial charge in [0.1, 0.15) is 6.10 Å². The summed E-state index contributed by atoms with van der Waals surface area (Å²) in [5.74, 6) is -1.43. The van der Waals surface area contributed by atoms with Crippen LogP contribution in [0.15, 0.2) is 15.8 Å². The van der Waals surface area contributed by atoms with Crippen molar-refractivity contribution in [2.24, 2.45) is 0 Å². The van der Waals surface area contributed by atoms with Crippen LogP contribution in [0.2, 0.25) is 0 Å². The fraction of sp³-hybridized carbons (Fsp3) is 0.600. The Hall–Kier alpha value is -1.24. The van der Waals surface area contributed by atoms with Crippen molar-refractivity contribution < 1.29 is 32.5 Å². The normalized spacial score (nSPS) is 32.4. The number of hydrogen-bond acceptors (Lipinski definition) is 5. The molecule has 0 unspecified atom stereocenters. The van der Waals surface area contributed by atoms with Crippen LogP contribution in [0.4, 0.5) is 17.6 Å². The number of alkyl halides is 4. The van der Waals surface area contributed by atoms with Crippen LogP contribution in [-0.2, 0) is 4.74 Å². The Kier molecular flexibility index (Phi) is 4.23. The third kappa shape index (κ3) is 2.39. The van der Waals surface area contributed by atoms with E-state index < -0.39 is 52.6 Å². The van der Waals surface area contributed by atoms with Gasteiger partial charge in [0.2, 0.25) is 11.4 Å². The van der Waals surface area contributed by atoms with Gasteiger partial charge >= 0.3 is 11.9 Å². The van der Waals surface area contributed by atoms with Crippen LogP contribution in [0.5, 0.6) is 0 Å². The maximum Gasteiger partial charge on any atom is 0.422 e. The van der Waals surface area contributed by atoms with E-state index in [0.29, 0.717) is 10.8 Å². The van der Waals surface area contributed by atoms with Gasteiger partial charge in [-0.1, -0.05) is 15.9 Å². The Morgan fingerprint density at radius 1 is 1.45 bits per heavy atom. The SMILES string of the molecule is O=c1[nH]c(=O)n([C@@H]2O[C@@](CO)(C(F)(F)F)[C@@H](O)[C@H]2Br)cc1F. The maximum atomic E-state index is 13.2. The van der Waals surface area contributed by atoms with Crippen molar-refractivity contribution in [1.82, 2.24) is 9.55 Å². The third-order valence-corrected chi connectivity index (χ3v) is 4.25. The zero-order valence-electron chi connectivity index (χ0n) is 10.5. The molecule has 124 valence electrons. The van der Waals surface area contributed by atoms with E-state index in [4.69, 9.17) is 5.11 Å². The van der Waals surface area contributed by atoms with Gasteiger partial charge in [0.25, 0.3) is 5.56 Å². The molecule has 0 aliphatic carbocycles. The molecule has 0 saturated carbocycles. The van der Waals surface area contributed by atoms with E-state index >= 15 is 0 Å². The van der Waals surface area contributed by atoms with Gasteiger partial charge in [0.05, 0.1) is 17.6 Å². The molecule has 2 rings (SSSR count). The van der Waals surface area contributed by atoms with E-state index in [2.05, 4.69) is 20.7 Å². The summed E-state index contributed by atoms with van der Waals surface area (Å²) in [5, 5.41) is 18.8. The Bertz CT molecular complexity index is 689. The molecule has 0 radical (unpaired) electrons. The first-order valence-electron chi connectivity index (χ1n) is 5.73. The second-order valence-corrected chi connectivity index (χ2v) is 5.64. The summed E-state index contributed by atoms with van der Waals surface area (Å²) in [6.07, 6.45) is -8.88. The minimum atomic E-state index is -5.16. The van der Waals surface area contributed by atoms with Crippen LogP contribution >= 0.6 is 15.9 Å². The van der Waals surface area contributed by atoms with Gasteiger partial charge in [-0.3, -0.25) is 14.3 Å². The topological polar surface area (TPSA) is 105 Å². The second kappa shape index (κ2) is 5.44. The first-order chi connectivity index (χ1) is 10.0. The molecule has 0 aromatic carbocycles. The standard InChI is InChI=1S/C10H9BrF4N2O5/c11-4-5(19)9(2-18,10(13,14)15)22-7(4)17-1-3(12)6(20)16-8(17)21/h1,4-5,7,18-19H,2H2,(H,16,20,21)/t4-,5+,7-,9-/m1/s1. The van der Waals surface area contributed by atoms with E-state index in [-0.39, 0.29) is 0 Å². The van der Waals surface area contributed by atoms with Crippen LogP contribution in [-0.4, -0.2) is 49.1 Å². The van der Waals surface area contributed by atoms with Crippen LogP contribution in [0.3, 0.4) is 0 Å². The Morgan fingerprint density at radius 3 is 2.50 bits per heavy atom. The fourth-order valence-electron chi connectivity index (χ4n) is 2.08. The highest BCUT2D eigenvalue weighted by Gasteiger charge is 2.68. The molecular formula is C10H9BrF4N2O5. The first-order valence-corrected chi connectivity index (χ1v) is 6.65. The monoisotopic (exact) mass is 392 g/mol. The van der Waals surface area contributed by atoms with Gasteiger partial charge < -0.3 is 14.9 Å². The van der Waals surface area contributed by atoms with Crippen molar-refractivity contribution >= 4 is 15.9 Å². The molecule has 2 heterocycles. The highest BCUT2D eigenvalue weighted by molar-refractivity contribution is 9.09. The Morgan fingerprint density at radius 2 is 2.05 bits per heavy atom. The highest BCUT2D eigenvalue weighted by Crippen LogP contribution is 2.48. The molecule has 1 aromatic rings. The number of H-pyrrole nitrogens is 1. The van der Waals surface area contributed by atoms with Crippen LogP contribution in [0.25, 0.3) is 0 Å². The number of aromatic amines is 1. The summed E-state index contributed by atoms with van der Waals surface area (Å²) in [6.45, 7) is -1.61. The van der Waals surface area contributed by atoms with Crippen molar-refractivity contribution in [1.29, 1.82) is 0 Å². The molecule has 1 fully saturated rings. The first kappa shape index (κ1) is 17.1. The van der Waals surface area contributed by atoms with Gasteiger partial charge in [-0.2, -0.15) is 17.6 Å². The molecule has 0 spiro atoms. The van der Waals surface area contributed by atoms with Crippen LogP contribution in [0, 0.1) is 5.82 Å². The van der Waals surface area contributed by atoms with Gasteiger partial charge in [0, 0.05) is 0 Å². The molecular weight excluding hydrogens is 384 g/mol. The minimum absolute atomic E-state index is 0.350. The summed E-state index contributed by atoms with van der Waals surface area (Å²) < 4.78 is 57.5. The van der Waals surface area contributed by atoms with Gasteiger partial charge in [-0.15, -0.1) is 0 Å². The lowest BCUT2D eigenvalue weighted by Gasteiger charge is -2.32. The van der Waals surface area contributed by atoms with E-state index in [9.17, 15) is 32.3 Å². The predicted octanol–water partition coefficient (Wildman–Crippen LogP) is -0.378. The summed E-state index contributed by atoms with van der Waals surface area (Å²) >= 11 is 2.73. The summed E-state index contributed by atoms with van der Waals surface area (Å²) in [7, 11) is 0. The average molecular weight is 393 g/mol. The van der Waals surface area contributed by atoms with Gasteiger partial charge in [-0.25, -0.2) is 4.79 Å². The number of ether oxygens (including phenoxy) is 1. The van der Waals surface area contributed by atoms with Gasteiger partial charge in [-0.05, 0) is 0 Å². The summed E-state index contributed by atoms with van der Waals surface area (Å²) in [5.41, 5.74) is -5.93. The zero-order valence-corrected chi connectivity index (χ0v) is 12.1. The minimum Gasteiger partial charge on any atom is -0.393 e. The average Bonchev–Trinajstić information content (AvgIpc) is 2.67. The van der Waals surface area contributed by atoms with Crippen LogP contribution < -0.4 is 11.2 Å². The number of aromatic nitrogens is 2. The second-order valence-electron chi connectivity index (χ2n) is 4.59. The van der Waals surface area contributed by atoms with E-state index in [1.54, 1.807) is 4.98 Å². The lowest BCUT2D eigenvalue weighted by atomic mass is 9.97. The lowest BCUT2D eigenvalue weighted by Crippen LogP contribution is -2.56. The molecule has 1 saturated heterocycles. The number of aliphatic hydroxyl groups excluding tert-OH is 2. The van der Waals surface area contributed by atoms with E-state index in [1.807, 2.05) is 0 Å². The number of aliphatic hydroxyl groups is 2. The highest BCUT2D eigenvalue weighted by atomic mass is 79.9. The molecule has 4 atom stereocenters. The third-order valence-electron chi connectivity index (χ3n) is 3.30. The van der Waals surface area contributed by atoms with Crippen molar-refractivity contribution in [3.63, 3.8) is 0 Å². The Balaban J connectivity index is 2.54. The smallest absolute Gasteiger partial charge is 0.393 e. The summed E-state index contributed by atoms with van der Waals surface area (Å²) in [4.78, 5) is 22.6. The lowest BCUT2D eigenvalue weighted by molar-refractivity contribution is -0.305. The molecule has 7 nitrogen and oxygen atoms in total. The largest absolute Gasteiger partial charge is 0.422 e. The molecule has 1 aliphatic rings. The molecule has 0 bridgehead atoms. The van der Waals surface area contributed by atoms with Crippen LogP contribution in [0.1, 0.15) is 6.23 Å². The quantitative estimate of drug-likeness (QED) is 0.470. The maximum absolute atomic E-state index is 13.2. The van der Waals surface area contributed by atoms with Crippen molar-refractivity contribution in [3.05, 3.63) is 32.9 Å². The van der Waals surface area contributed by atoms with Gasteiger partial charge in [0.15, 0.2) is 6.23 Å². The summed E-state index contributed by atoms with van der Waals surface area (Å²) in [6, 6.07) is 0.